The zero-order valence-electron chi connectivity index (χ0n) is 17.3. The second-order valence-corrected chi connectivity index (χ2v) is 8.92. The van der Waals surface area contributed by atoms with E-state index in [1.165, 1.54) is 11.3 Å². The molecule has 0 aliphatic carbocycles. The molecule has 1 aliphatic heterocycles. The molecule has 168 valence electrons. The summed E-state index contributed by atoms with van der Waals surface area (Å²) < 4.78 is 30.0. The number of hydroxylamine groups is 1. The first-order valence-electron chi connectivity index (χ1n) is 9.80. The predicted octanol–water partition coefficient (Wildman–Crippen LogP) is 1.98. The summed E-state index contributed by atoms with van der Waals surface area (Å²) in [5.74, 6) is 5.00. The van der Waals surface area contributed by atoms with Gasteiger partial charge in [0.25, 0.3) is 11.8 Å². The summed E-state index contributed by atoms with van der Waals surface area (Å²) in [6, 6.07) is 9.79. The van der Waals surface area contributed by atoms with Crippen molar-refractivity contribution in [3.8, 4) is 17.6 Å². The van der Waals surface area contributed by atoms with E-state index in [0.29, 0.717) is 16.2 Å². The van der Waals surface area contributed by atoms with Crippen LogP contribution in [0.1, 0.15) is 35.0 Å². The third-order valence-electron chi connectivity index (χ3n) is 5.38. The summed E-state index contributed by atoms with van der Waals surface area (Å²) >= 11 is 1.32. The smallest absolute Gasteiger partial charge is 0.263 e. The molecule has 2 amide bonds. The van der Waals surface area contributed by atoms with Crippen molar-refractivity contribution in [2.24, 2.45) is 5.41 Å². The van der Waals surface area contributed by atoms with E-state index in [4.69, 9.17) is 4.74 Å². The monoisotopic (exact) mass is 474 g/mol. The van der Waals surface area contributed by atoms with Gasteiger partial charge in [-0.3, -0.25) is 14.8 Å². The van der Waals surface area contributed by atoms with Gasteiger partial charge in [0.2, 0.25) is 10.3 Å². The minimum atomic E-state index is -2.75. The van der Waals surface area contributed by atoms with Crippen molar-refractivity contribution in [2.75, 3.05) is 19.7 Å². The Morgan fingerprint density at radius 3 is 2.44 bits per heavy atom. The number of piperidine rings is 1. The lowest BCUT2D eigenvalue weighted by molar-refractivity contribution is -0.137. The van der Waals surface area contributed by atoms with Crippen molar-refractivity contribution >= 4 is 38.3 Å². The summed E-state index contributed by atoms with van der Waals surface area (Å²) in [6.45, 7) is 2.23. The number of benzene rings is 1. The summed E-state index contributed by atoms with van der Waals surface area (Å²) in [7, 11) is -2.75. The fourth-order valence-corrected chi connectivity index (χ4v) is 5.37. The SMILES string of the molecule is CC#CCOc1ccc(C(=S(=O)=O)C2(C(=O)NO)CCN(C(=O)c3cccs3)CC2)cc1. The number of carbonyl (C=O) groups is 2. The van der Waals surface area contributed by atoms with Crippen LogP contribution in [0.15, 0.2) is 41.8 Å². The van der Waals surface area contributed by atoms with E-state index in [2.05, 4.69) is 11.8 Å². The molecule has 0 saturated carbocycles. The molecule has 32 heavy (non-hydrogen) atoms. The van der Waals surface area contributed by atoms with Crippen molar-refractivity contribution in [3.05, 3.63) is 52.2 Å². The first-order chi connectivity index (χ1) is 15.4. The van der Waals surface area contributed by atoms with Crippen LogP contribution in [0.5, 0.6) is 5.75 Å². The number of hydrogen-bond donors (Lipinski definition) is 2. The first kappa shape index (κ1) is 23.5. The lowest BCUT2D eigenvalue weighted by Crippen LogP contribution is -2.54. The molecule has 0 radical (unpaired) electrons. The molecule has 0 atom stereocenters. The average molecular weight is 475 g/mol. The van der Waals surface area contributed by atoms with Crippen LogP contribution in [-0.2, 0) is 15.1 Å². The van der Waals surface area contributed by atoms with Crippen LogP contribution in [0.25, 0.3) is 0 Å². The molecule has 2 heterocycles. The van der Waals surface area contributed by atoms with Gasteiger partial charge >= 0.3 is 0 Å². The molecule has 2 aromatic rings. The second kappa shape index (κ2) is 10.5. The van der Waals surface area contributed by atoms with Crippen molar-refractivity contribution in [2.45, 2.75) is 19.8 Å². The van der Waals surface area contributed by atoms with Crippen LogP contribution in [0, 0.1) is 17.3 Å². The Bertz CT molecular complexity index is 1160. The van der Waals surface area contributed by atoms with Crippen molar-refractivity contribution in [1.82, 2.24) is 10.4 Å². The molecular formula is C22H22N2O6S2. The topological polar surface area (TPSA) is 113 Å². The average Bonchev–Trinajstić information content (AvgIpc) is 3.34. The van der Waals surface area contributed by atoms with Crippen LogP contribution in [0.2, 0.25) is 0 Å². The summed E-state index contributed by atoms with van der Waals surface area (Å²) in [6.07, 6.45) is 0.0916. The van der Waals surface area contributed by atoms with E-state index in [9.17, 15) is 23.2 Å². The van der Waals surface area contributed by atoms with E-state index in [0.717, 1.165) is 0 Å². The van der Waals surface area contributed by atoms with Crippen molar-refractivity contribution in [1.29, 1.82) is 0 Å². The van der Waals surface area contributed by atoms with Crippen LogP contribution in [0.4, 0.5) is 0 Å². The number of rotatable bonds is 6. The lowest BCUT2D eigenvalue weighted by Gasteiger charge is -2.40. The maximum atomic E-state index is 12.8. The van der Waals surface area contributed by atoms with Gasteiger partial charge in [-0.25, -0.2) is 5.48 Å². The van der Waals surface area contributed by atoms with Crippen LogP contribution in [0.3, 0.4) is 0 Å². The molecule has 3 rings (SSSR count). The number of carbonyl (C=O) groups excluding carboxylic acids is 2. The highest BCUT2D eigenvalue weighted by Crippen LogP contribution is 2.37. The summed E-state index contributed by atoms with van der Waals surface area (Å²) in [5.41, 5.74) is 0.427. The maximum Gasteiger partial charge on any atom is 0.263 e. The second-order valence-electron chi connectivity index (χ2n) is 7.10. The van der Waals surface area contributed by atoms with Crippen LogP contribution >= 0.6 is 11.3 Å². The number of hydrogen-bond acceptors (Lipinski definition) is 7. The van der Waals surface area contributed by atoms with E-state index in [1.807, 2.05) is 0 Å². The normalized spacial score (nSPS) is 14.6. The molecule has 10 heteroatoms. The Morgan fingerprint density at radius 2 is 1.91 bits per heavy atom. The zero-order chi connectivity index (χ0) is 23.1. The third-order valence-corrected chi connectivity index (χ3v) is 7.20. The number of nitrogens with zero attached hydrogens (tertiary/aromatic N) is 1. The fraction of sp³-hybridized carbons (Fsp3) is 0.318. The first-order valence-corrected chi connectivity index (χ1v) is 11.7. The van der Waals surface area contributed by atoms with Crippen LogP contribution in [-0.4, -0.2) is 54.9 Å². The fourth-order valence-electron chi connectivity index (χ4n) is 3.74. The Hall–Kier alpha value is -3.13. The summed E-state index contributed by atoms with van der Waals surface area (Å²) in [4.78, 5) is 27.5. The van der Waals surface area contributed by atoms with Crippen molar-refractivity contribution in [3.63, 3.8) is 0 Å². The molecule has 1 fully saturated rings. The minimum Gasteiger partial charge on any atom is -0.481 e. The van der Waals surface area contributed by atoms with Gasteiger partial charge in [0, 0.05) is 13.1 Å². The molecule has 2 N–H and O–H groups in total. The highest BCUT2D eigenvalue weighted by Gasteiger charge is 2.48. The highest BCUT2D eigenvalue weighted by atomic mass is 32.2. The number of nitrogens with one attached hydrogen (secondary N) is 1. The zero-order valence-corrected chi connectivity index (χ0v) is 19.0. The van der Waals surface area contributed by atoms with Crippen molar-refractivity contribution < 1.29 is 28.0 Å². The Morgan fingerprint density at radius 1 is 1.22 bits per heavy atom. The number of thiophene rings is 1. The van der Waals surface area contributed by atoms with Gasteiger partial charge in [-0.15, -0.1) is 17.3 Å². The van der Waals surface area contributed by atoms with E-state index < -0.39 is 21.6 Å². The largest absolute Gasteiger partial charge is 0.481 e. The standard InChI is InChI=1S/C22H22N2O6S2/c1-2-3-14-30-17-8-6-16(7-9-17)19(32(28)29)22(21(26)23-27)10-12-24(13-11-22)20(25)18-5-4-15-31-18/h4-9,15,27H,10-14H2,1H3,(H,23,26). The van der Waals surface area contributed by atoms with Gasteiger partial charge in [-0.2, -0.15) is 8.42 Å². The highest BCUT2D eigenvalue weighted by molar-refractivity contribution is 7.73. The predicted molar refractivity (Wildman–Crippen MR) is 120 cm³/mol. The maximum absolute atomic E-state index is 12.8. The minimum absolute atomic E-state index is 0.0458. The Balaban J connectivity index is 1.90. The van der Waals surface area contributed by atoms with Crippen LogP contribution < -0.4 is 10.2 Å². The quantitative estimate of drug-likeness (QED) is 0.218. The molecule has 1 saturated heterocycles. The van der Waals surface area contributed by atoms with E-state index >= 15 is 0 Å². The molecule has 8 nitrogen and oxygen atoms in total. The molecular weight excluding hydrogens is 452 g/mol. The Kier molecular flexibility index (Phi) is 7.69. The molecule has 0 unspecified atom stereocenters. The van der Waals surface area contributed by atoms with Gasteiger partial charge < -0.3 is 9.64 Å². The number of amides is 2. The van der Waals surface area contributed by atoms with E-state index in [1.54, 1.807) is 59.1 Å². The molecule has 1 aromatic heterocycles. The Labute approximate surface area is 191 Å². The van der Waals surface area contributed by atoms with Gasteiger partial charge in [0.15, 0.2) is 0 Å². The molecule has 0 bridgehead atoms. The summed E-state index contributed by atoms with van der Waals surface area (Å²) in [5, 5.41) is 11.2. The van der Waals surface area contributed by atoms with Gasteiger partial charge in [-0.1, -0.05) is 12.0 Å². The van der Waals surface area contributed by atoms with Gasteiger partial charge in [0.1, 0.15) is 12.4 Å². The third kappa shape index (κ3) is 4.85. The lowest BCUT2D eigenvalue weighted by atomic mass is 9.72. The number of ether oxygens (including phenoxy) is 1. The molecule has 0 spiro atoms. The van der Waals surface area contributed by atoms with Gasteiger partial charge in [-0.05, 0) is 61.0 Å². The molecule has 1 aliphatic rings. The van der Waals surface area contributed by atoms with E-state index in [-0.39, 0.29) is 43.3 Å². The molecule has 1 aromatic carbocycles. The number of likely N-dealkylation sites (tertiary alicyclic amines) is 1. The van der Waals surface area contributed by atoms with Gasteiger partial charge in [0.05, 0.1) is 15.2 Å².